The van der Waals surface area contributed by atoms with Gasteiger partial charge in [0, 0.05) is 41.0 Å². The van der Waals surface area contributed by atoms with Gasteiger partial charge in [0.05, 0.1) is 27.4 Å². The summed E-state index contributed by atoms with van der Waals surface area (Å²) in [6, 6.07) is 0. The fourth-order valence-corrected chi connectivity index (χ4v) is 11.1. The monoisotopic (exact) mass is 935 g/mol. The highest BCUT2D eigenvalue weighted by Crippen LogP contribution is 2.56. The fourth-order valence-electron chi connectivity index (χ4n) is 5.24. The Labute approximate surface area is 343 Å². The molecule has 0 spiro atoms. The first-order valence-electron chi connectivity index (χ1n) is 16.9. The third kappa shape index (κ3) is 13.8. The average molecular weight is 936 g/mol. The molecule has 2 aliphatic rings. The molecule has 6 N–H and O–H groups in total. The zero-order valence-electron chi connectivity index (χ0n) is 30.9. The second-order valence-corrected chi connectivity index (χ2v) is 20.9. The Morgan fingerprint density at radius 2 is 1.79 bits per heavy atom. The van der Waals surface area contributed by atoms with Crippen molar-refractivity contribution in [3.63, 3.8) is 0 Å². The molecule has 4 rings (SSSR count). The molecule has 2 aromatic heterocycles. The second kappa shape index (κ2) is 20.2. The molecule has 0 aromatic carbocycles. The molecule has 0 saturated carbocycles. The van der Waals surface area contributed by atoms with Crippen LogP contribution in [0.5, 0.6) is 0 Å². The number of amides is 2. The first kappa shape index (κ1) is 48.7. The number of aliphatic hydroxyl groups excluding tert-OH is 2. The number of carbonyl (C=O) groups excluding carboxylic acids is 3. The van der Waals surface area contributed by atoms with E-state index in [1.54, 1.807) is 29.6 Å². The van der Waals surface area contributed by atoms with E-state index in [9.17, 15) is 57.9 Å². The van der Waals surface area contributed by atoms with Gasteiger partial charge in [0.1, 0.15) is 36.3 Å². The largest absolute Gasteiger partial charge is 0.790 e. The number of nitrogens with two attached hydrogens (primary N) is 1. The highest BCUT2D eigenvalue weighted by molar-refractivity contribution is 8.23. The van der Waals surface area contributed by atoms with Gasteiger partial charge in [-0.05, 0) is 24.9 Å². The molecule has 2 aromatic rings. The number of carbonyl (C=O) groups is 3. The number of rotatable bonds is 20. The summed E-state index contributed by atoms with van der Waals surface area (Å²) in [6.45, 7) is 1.26. The number of hydrogen-bond acceptors (Lipinski definition) is 24. The van der Waals surface area contributed by atoms with E-state index in [1.165, 1.54) is 20.8 Å². The number of thioether (sulfide) groups is 3. The van der Waals surface area contributed by atoms with Crippen LogP contribution in [0.3, 0.4) is 0 Å². The molecule has 30 heteroatoms. The lowest BCUT2D eigenvalue weighted by atomic mass is 9.87. The van der Waals surface area contributed by atoms with Gasteiger partial charge in [-0.15, -0.1) is 23.5 Å². The number of hydrogen-bond donors (Lipinski definition) is 5. The standard InChI is InChI=1S/C28H44N7O17P3S3/c1-27(2,23(39)26(40)31-6-5-17(36)30-7-10-56-18(37)11-19-57-8-4-9-58-19)13-49-55(46,47)52-54(44,45)48-12-16-21(51-53(41,42)43)22(38)28(3,50-16)35-15-34-20-24(29)32-14-33-25(20)35/h11,14-16,21-23,38-39H,4-10,12-13H2,1-3H3,(H,30,36)(H,31,40)(H,44,45)(H,46,47)(H2,29,32,33)(H2,41,42,43)/p-4. The van der Waals surface area contributed by atoms with Crippen LogP contribution in [0.15, 0.2) is 23.0 Å². The Balaban J connectivity index is 1.24. The maximum Gasteiger partial charge on any atom is 0.274 e. The van der Waals surface area contributed by atoms with Crippen LogP contribution < -0.4 is 35.9 Å². The van der Waals surface area contributed by atoms with Gasteiger partial charge in [0.2, 0.25) is 16.9 Å². The van der Waals surface area contributed by atoms with E-state index in [4.69, 9.17) is 10.5 Å². The number of nitrogens with one attached hydrogen (secondary N) is 2. The van der Waals surface area contributed by atoms with Gasteiger partial charge >= 0.3 is 0 Å². The van der Waals surface area contributed by atoms with E-state index in [2.05, 4.69) is 43.5 Å². The summed E-state index contributed by atoms with van der Waals surface area (Å²) in [6.07, 6.45) is -3.42. The van der Waals surface area contributed by atoms with Gasteiger partial charge < -0.3 is 69.0 Å². The lowest BCUT2D eigenvalue weighted by Crippen LogP contribution is -2.46. The molecule has 2 aliphatic heterocycles. The Morgan fingerprint density at radius 3 is 2.47 bits per heavy atom. The van der Waals surface area contributed by atoms with Crippen molar-refractivity contribution in [3.8, 4) is 0 Å². The number of phosphoric acid groups is 3. The SMILES string of the molecule is CC(C)(COP(=O)([O-])OP(=O)([O-])OCC1OC(C)(n2cnc3c(N)ncnc32)C(O)C1OP(=O)([O-])[O-])C(O)C(=O)NCCC(=O)NCCSC(=O)C=C1SCCCS1. The number of aliphatic hydroxyl groups is 2. The molecule has 58 heavy (non-hydrogen) atoms. The minimum atomic E-state index is -5.94. The third-order valence-corrected chi connectivity index (χ3v) is 14.5. The molecule has 24 nitrogen and oxygen atoms in total. The first-order chi connectivity index (χ1) is 26.9. The van der Waals surface area contributed by atoms with Gasteiger partial charge in [-0.2, -0.15) is 0 Å². The van der Waals surface area contributed by atoms with Crippen molar-refractivity contribution < 1.29 is 80.5 Å². The van der Waals surface area contributed by atoms with Crippen LogP contribution in [-0.2, 0) is 56.4 Å². The number of nitrogen functional groups attached to an aromatic ring is 1. The second-order valence-electron chi connectivity index (χ2n) is 13.2. The predicted molar refractivity (Wildman–Crippen MR) is 200 cm³/mol. The van der Waals surface area contributed by atoms with E-state index in [0.29, 0.717) is 5.75 Å². The summed E-state index contributed by atoms with van der Waals surface area (Å²) in [5.74, 6) is 0.700. The molecule has 7 unspecified atom stereocenters. The van der Waals surface area contributed by atoms with Crippen molar-refractivity contribution in [2.24, 2.45) is 5.41 Å². The number of imidazole rings is 1. The zero-order chi connectivity index (χ0) is 43.1. The molecular weight excluding hydrogens is 895 g/mol. The Hall–Kier alpha value is -2.00. The molecule has 326 valence electrons. The highest BCUT2D eigenvalue weighted by Gasteiger charge is 2.55. The molecule has 2 fully saturated rings. The molecule has 0 bridgehead atoms. The minimum absolute atomic E-state index is 0.0323. The average Bonchev–Trinajstić information content (AvgIpc) is 3.68. The quantitative estimate of drug-likeness (QED) is 0.0546. The van der Waals surface area contributed by atoms with Crippen LogP contribution in [0.1, 0.15) is 33.6 Å². The van der Waals surface area contributed by atoms with Gasteiger partial charge in [-0.25, -0.2) is 19.3 Å². The maximum atomic E-state index is 12.6. The number of phosphoric ester groups is 3. The van der Waals surface area contributed by atoms with Crippen LogP contribution in [-0.4, -0.2) is 115 Å². The lowest BCUT2D eigenvalue weighted by Gasteiger charge is -2.36. The van der Waals surface area contributed by atoms with E-state index >= 15 is 0 Å². The summed E-state index contributed by atoms with van der Waals surface area (Å²) >= 11 is 4.30. The van der Waals surface area contributed by atoms with Crippen LogP contribution in [0, 0.1) is 5.41 Å². The summed E-state index contributed by atoms with van der Waals surface area (Å²) in [4.78, 5) is 96.7. The smallest absolute Gasteiger partial charge is 0.274 e. The lowest BCUT2D eigenvalue weighted by molar-refractivity contribution is -0.347. The van der Waals surface area contributed by atoms with Crippen LogP contribution in [0.2, 0.25) is 0 Å². The van der Waals surface area contributed by atoms with Crippen molar-refractivity contribution in [2.45, 2.75) is 63.8 Å². The normalized spacial score (nSPS) is 24.2. The Kier molecular flexibility index (Phi) is 17.0. The predicted octanol–water partition coefficient (Wildman–Crippen LogP) is -1.98. The summed E-state index contributed by atoms with van der Waals surface area (Å²) in [5, 5.41) is 26.4. The van der Waals surface area contributed by atoms with E-state index in [-0.39, 0.29) is 41.6 Å². The molecule has 7 atom stereocenters. The highest BCUT2D eigenvalue weighted by atomic mass is 32.2. The number of ether oxygens (including phenoxy) is 1. The van der Waals surface area contributed by atoms with Crippen molar-refractivity contribution in [1.82, 2.24) is 30.2 Å². The zero-order valence-corrected chi connectivity index (χ0v) is 36.0. The minimum Gasteiger partial charge on any atom is -0.790 e. The van der Waals surface area contributed by atoms with Gasteiger partial charge in [0.25, 0.3) is 15.6 Å². The van der Waals surface area contributed by atoms with Crippen LogP contribution >= 0.6 is 58.8 Å². The number of nitrogens with zero attached hydrogens (tertiary/aromatic N) is 4. The van der Waals surface area contributed by atoms with Gasteiger partial charge in [-0.1, -0.05) is 25.6 Å². The number of aromatic nitrogens is 4. The van der Waals surface area contributed by atoms with E-state index in [1.807, 2.05) is 0 Å². The number of anilines is 1. The van der Waals surface area contributed by atoms with E-state index < -0.39 is 84.1 Å². The first-order valence-corrected chi connectivity index (χ1v) is 24.3. The van der Waals surface area contributed by atoms with Crippen LogP contribution in [0.4, 0.5) is 5.82 Å². The van der Waals surface area contributed by atoms with Crippen molar-refractivity contribution in [1.29, 1.82) is 0 Å². The van der Waals surface area contributed by atoms with Crippen LogP contribution in [0.25, 0.3) is 11.2 Å². The molecule has 2 amide bonds. The molecule has 4 heterocycles. The van der Waals surface area contributed by atoms with Gasteiger partial charge in [-0.3, -0.25) is 28.1 Å². The summed E-state index contributed by atoms with van der Waals surface area (Å²) in [5.41, 5.74) is 2.03. The van der Waals surface area contributed by atoms with Crippen molar-refractivity contribution in [2.75, 3.05) is 49.3 Å². The topological polar surface area (TPSA) is 375 Å². The third-order valence-electron chi connectivity index (χ3n) is 8.22. The molecular formula is C28H40N7O17P3S3-4. The summed E-state index contributed by atoms with van der Waals surface area (Å²) < 4.78 is 62.1. The fraction of sp³-hybridized carbons (Fsp3) is 0.643. The summed E-state index contributed by atoms with van der Waals surface area (Å²) in [7, 11) is -17.7. The maximum absolute atomic E-state index is 12.6. The van der Waals surface area contributed by atoms with E-state index in [0.717, 1.165) is 51.1 Å². The molecule has 2 saturated heterocycles. The van der Waals surface area contributed by atoms with Crippen molar-refractivity contribution in [3.05, 3.63) is 23.0 Å². The van der Waals surface area contributed by atoms with Gasteiger partial charge in [0.15, 0.2) is 17.2 Å². The van der Waals surface area contributed by atoms with Crippen molar-refractivity contribution >= 4 is 92.7 Å². The molecule has 0 aliphatic carbocycles. The Bertz CT molecular complexity index is 1980. The Morgan fingerprint density at radius 1 is 1.12 bits per heavy atom. The number of fused-ring (bicyclic) bond motifs is 1. The molecule has 0 radical (unpaired) electrons.